The lowest BCUT2D eigenvalue weighted by molar-refractivity contribution is 0.231. The number of para-hydroxylation sites is 1. The highest BCUT2D eigenvalue weighted by Gasteiger charge is 2.29. The summed E-state index contributed by atoms with van der Waals surface area (Å²) in [5.74, 6) is 2.68. The average Bonchev–Trinajstić information content (AvgIpc) is 2.96. The highest BCUT2D eigenvalue weighted by atomic mass is 16.5. The molecule has 2 N–H and O–H groups in total. The van der Waals surface area contributed by atoms with E-state index in [2.05, 4.69) is 25.1 Å². The number of fused-ring (bicyclic) bond motifs is 1. The molecule has 110 valence electrons. The van der Waals surface area contributed by atoms with Gasteiger partial charge in [0.15, 0.2) is 0 Å². The van der Waals surface area contributed by atoms with Gasteiger partial charge in [-0.05, 0) is 30.2 Å². The zero-order valence-electron chi connectivity index (χ0n) is 12.6. The van der Waals surface area contributed by atoms with E-state index in [0.29, 0.717) is 5.92 Å². The zero-order valence-corrected chi connectivity index (χ0v) is 12.6. The molecule has 0 amide bonds. The molecule has 1 aliphatic heterocycles. The van der Waals surface area contributed by atoms with Crippen molar-refractivity contribution in [2.75, 3.05) is 6.61 Å². The first-order valence-electron chi connectivity index (χ1n) is 8.29. The van der Waals surface area contributed by atoms with Crippen molar-refractivity contribution in [1.82, 2.24) is 0 Å². The molecule has 1 aromatic carbocycles. The molecule has 1 atom stereocenters. The largest absolute Gasteiger partial charge is 0.493 e. The predicted octanol–water partition coefficient (Wildman–Crippen LogP) is 4.23. The Kier molecular flexibility index (Phi) is 4.30. The van der Waals surface area contributed by atoms with E-state index < -0.39 is 0 Å². The smallest absolute Gasteiger partial charge is 0.127 e. The Morgan fingerprint density at radius 3 is 2.80 bits per heavy atom. The number of hydrogen-bond donors (Lipinski definition) is 1. The molecule has 0 aromatic heterocycles. The van der Waals surface area contributed by atoms with Gasteiger partial charge in [-0.15, -0.1) is 0 Å². The first-order chi connectivity index (χ1) is 9.79. The molecule has 2 heteroatoms. The Morgan fingerprint density at radius 1 is 1.25 bits per heavy atom. The molecule has 2 nitrogen and oxygen atoms in total. The van der Waals surface area contributed by atoms with Crippen LogP contribution in [-0.2, 0) is 6.42 Å². The molecule has 0 saturated heterocycles. The molecule has 2 aliphatic rings. The van der Waals surface area contributed by atoms with E-state index in [4.69, 9.17) is 10.5 Å². The summed E-state index contributed by atoms with van der Waals surface area (Å²) in [7, 11) is 0. The molecule has 1 aliphatic carbocycles. The lowest BCUT2D eigenvalue weighted by Gasteiger charge is -2.32. The molecule has 0 bridgehead atoms. The molecule has 0 spiro atoms. The third kappa shape index (κ3) is 2.71. The van der Waals surface area contributed by atoms with E-state index in [9.17, 15) is 0 Å². The van der Waals surface area contributed by atoms with Crippen LogP contribution in [0.3, 0.4) is 0 Å². The van der Waals surface area contributed by atoms with Crippen molar-refractivity contribution in [3.63, 3.8) is 0 Å². The van der Waals surface area contributed by atoms with Gasteiger partial charge in [-0.3, -0.25) is 0 Å². The second kappa shape index (κ2) is 6.17. The second-order valence-corrected chi connectivity index (χ2v) is 6.53. The van der Waals surface area contributed by atoms with Gasteiger partial charge in [0.2, 0.25) is 0 Å². The van der Waals surface area contributed by atoms with Crippen LogP contribution in [0.5, 0.6) is 5.75 Å². The summed E-state index contributed by atoms with van der Waals surface area (Å²) in [5.41, 5.74) is 9.18. The minimum Gasteiger partial charge on any atom is -0.493 e. The monoisotopic (exact) mass is 273 g/mol. The van der Waals surface area contributed by atoms with Crippen molar-refractivity contribution in [3.05, 3.63) is 29.3 Å². The van der Waals surface area contributed by atoms with Gasteiger partial charge in [-0.2, -0.15) is 0 Å². The maximum Gasteiger partial charge on any atom is 0.127 e. The van der Waals surface area contributed by atoms with Crippen molar-refractivity contribution in [1.29, 1.82) is 0 Å². The van der Waals surface area contributed by atoms with Crippen molar-refractivity contribution < 1.29 is 4.74 Å². The average molecular weight is 273 g/mol. The topological polar surface area (TPSA) is 35.2 Å². The molecule has 1 fully saturated rings. The van der Waals surface area contributed by atoms with Crippen molar-refractivity contribution in [2.24, 2.45) is 17.6 Å². The molecule has 20 heavy (non-hydrogen) atoms. The van der Waals surface area contributed by atoms with E-state index in [0.717, 1.165) is 24.7 Å². The summed E-state index contributed by atoms with van der Waals surface area (Å²) < 4.78 is 5.82. The Bertz CT molecular complexity index is 449. The van der Waals surface area contributed by atoms with Gasteiger partial charge in [0.1, 0.15) is 5.75 Å². The number of hydrogen-bond acceptors (Lipinski definition) is 2. The quantitative estimate of drug-likeness (QED) is 0.891. The third-order valence-corrected chi connectivity index (χ3v) is 5.20. The van der Waals surface area contributed by atoms with Crippen LogP contribution < -0.4 is 10.5 Å². The van der Waals surface area contributed by atoms with Gasteiger partial charge in [0.05, 0.1) is 6.61 Å². The third-order valence-electron chi connectivity index (χ3n) is 5.20. The fourth-order valence-electron chi connectivity index (χ4n) is 4.00. The van der Waals surface area contributed by atoms with Gasteiger partial charge in [0.25, 0.3) is 0 Å². The predicted molar refractivity (Wildman–Crippen MR) is 82.9 cm³/mol. The summed E-state index contributed by atoms with van der Waals surface area (Å²) in [6.45, 7) is 3.12. The molecule has 1 unspecified atom stereocenters. The Labute approximate surface area is 122 Å². The summed E-state index contributed by atoms with van der Waals surface area (Å²) in [5, 5.41) is 0. The van der Waals surface area contributed by atoms with Crippen LogP contribution in [0, 0.1) is 11.8 Å². The van der Waals surface area contributed by atoms with E-state index in [1.54, 1.807) is 0 Å². The fraction of sp³-hybridized carbons (Fsp3) is 0.667. The number of benzene rings is 1. The zero-order chi connectivity index (χ0) is 13.9. The summed E-state index contributed by atoms with van der Waals surface area (Å²) in [6, 6.07) is 6.65. The number of ether oxygens (including phenoxy) is 1. The summed E-state index contributed by atoms with van der Waals surface area (Å²) in [4.78, 5) is 0. The Hall–Kier alpha value is -1.02. The SMILES string of the molecule is CCCC1CCC(C(N)c2cccc3c2OCC3)CC1. The highest BCUT2D eigenvalue weighted by molar-refractivity contribution is 5.45. The summed E-state index contributed by atoms with van der Waals surface area (Å²) in [6.07, 6.45) is 9.06. The normalized spacial score (nSPS) is 26.9. The van der Waals surface area contributed by atoms with Crippen LogP contribution in [0.25, 0.3) is 0 Å². The molecular weight excluding hydrogens is 246 g/mol. The first kappa shape index (κ1) is 13.9. The maximum absolute atomic E-state index is 6.58. The van der Waals surface area contributed by atoms with E-state index in [-0.39, 0.29) is 6.04 Å². The standard InChI is InChI=1S/C18H27NO/c1-2-4-13-7-9-14(10-8-13)17(19)16-6-3-5-15-11-12-20-18(15)16/h3,5-6,13-14,17H,2,4,7-12,19H2,1H3. The van der Waals surface area contributed by atoms with Crippen LogP contribution in [0.4, 0.5) is 0 Å². The Balaban J connectivity index is 1.68. The lowest BCUT2D eigenvalue weighted by Crippen LogP contribution is -2.26. The second-order valence-electron chi connectivity index (χ2n) is 6.53. The number of rotatable bonds is 4. The lowest BCUT2D eigenvalue weighted by atomic mass is 9.75. The van der Waals surface area contributed by atoms with Crippen LogP contribution in [-0.4, -0.2) is 6.61 Å². The first-order valence-corrected chi connectivity index (χ1v) is 8.29. The van der Waals surface area contributed by atoms with Gasteiger partial charge in [-0.25, -0.2) is 0 Å². The molecular formula is C18H27NO. The maximum atomic E-state index is 6.58. The Morgan fingerprint density at radius 2 is 2.05 bits per heavy atom. The van der Waals surface area contributed by atoms with Gasteiger partial charge in [-0.1, -0.05) is 50.8 Å². The number of nitrogens with two attached hydrogens (primary N) is 1. The van der Waals surface area contributed by atoms with Gasteiger partial charge >= 0.3 is 0 Å². The van der Waals surface area contributed by atoms with Crippen molar-refractivity contribution >= 4 is 0 Å². The van der Waals surface area contributed by atoms with Crippen molar-refractivity contribution in [3.8, 4) is 5.75 Å². The molecule has 1 saturated carbocycles. The fourth-order valence-corrected chi connectivity index (χ4v) is 4.00. The summed E-state index contributed by atoms with van der Waals surface area (Å²) >= 11 is 0. The van der Waals surface area contributed by atoms with Crippen LogP contribution >= 0.6 is 0 Å². The van der Waals surface area contributed by atoms with Crippen molar-refractivity contribution in [2.45, 2.75) is 57.9 Å². The van der Waals surface area contributed by atoms with Crippen LogP contribution in [0.2, 0.25) is 0 Å². The van der Waals surface area contributed by atoms with E-state index >= 15 is 0 Å². The minimum absolute atomic E-state index is 0.158. The molecule has 1 aromatic rings. The van der Waals surface area contributed by atoms with E-state index in [1.165, 1.54) is 49.7 Å². The van der Waals surface area contributed by atoms with Crippen LogP contribution in [0.1, 0.15) is 62.6 Å². The van der Waals surface area contributed by atoms with Crippen LogP contribution in [0.15, 0.2) is 18.2 Å². The molecule has 3 rings (SSSR count). The van der Waals surface area contributed by atoms with Gasteiger partial charge in [0, 0.05) is 18.0 Å². The highest BCUT2D eigenvalue weighted by Crippen LogP contribution is 2.41. The molecule has 0 radical (unpaired) electrons. The van der Waals surface area contributed by atoms with E-state index in [1.807, 2.05) is 0 Å². The molecule has 1 heterocycles. The van der Waals surface area contributed by atoms with Gasteiger partial charge < -0.3 is 10.5 Å². The minimum atomic E-state index is 0.158.